The summed E-state index contributed by atoms with van der Waals surface area (Å²) in [5.41, 5.74) is 5.04. The quantitative estimate of drug-likeness (QED) is 0.535. The van der Waals surface area contributed by atoms with Gasteiger partial charge in [0.05, 0.1) is 0 Å². The number of para-hydroxylation sites is 2. The molecule has 3 aromatic rings. The van der Waals surface area contributed by atoms with Crippen molar-refractivity contribution < 1.29 is 0 Å². The minimum Gasteiger partial charge on any atom is -0.338 e. The van der Waals surface area contributed by atoms with Crippen LogP contribution in [0.3, 0.4) is 0 Å². The molecule has 0 aliphatic heterocycles. The Morgan fingerprint density at radius 2 is 1.30 bits per heavy atom. The summed E-state index contributed by atoms with van der Waals surface area (Å²) < 4.78 is 0. The maximum absolute atomic E-state index is 2.45. The molecule has 1 atom stereocenters. The molecule has 0 saturated heterocycles. The number of anilines is 2. The average molecular weight is 301 g/mol. The van der Waals surface area contributed by atoms with Crippen LogP contribution in [0.25, 0.3) is 11.1 Å². The minimum atomic E-state index is 0.433. The molecule has 1 heteroatoms. The highest BCUT2D eigenvalue weighted by molar-refractivity contribution is 5.82. The van der Waals surface area contributed by atoms with Crippen molar-refractivity contribution in [2.24, 2.45) is 0 Å². The molecule has 0 heterocycles. The van der Waals surface area contributed by atoms with Crippen molar-refractivity contribution in [3.05, 3.63) is 84.9 Å². The molecular formula is C22H23N. The van der Waals surface area contributed by atoms with Crippen molar-refractivity contribution in [1.82, 2.24) is 0 Å². The van der Waals surface area contributed by atoms with E-state index in [9.17, 15) is 0 Å². The molecular weight excluding hydrogens is 278 g/mol. The average Bonchev–Trinajstić information content (AvgIpc) is 2.64. The molecule has 0 bridgehead atoms. The third-order valence-corrected chi connectivity index (χ3v) is 4.31. The van der Waals surface area contributed by atoms with E-state index in [0.717, 1.165) is 6.42 Å². The van der Waals surface area contributed by atoms with Gasteiger partial charge in [-0.25, -0.2) is 0 Å². The molecule has 116 valence electrons. The van der Waals surface area contributed by atoms with Gasteiger partial charge in [0.2, 0.25) is 0 Å². The zero-order valence-electron chi connectivity index (χ0n) is 13.8. The number of hydrogen-bond donors (Lipinski definition) is 0. The molecule has 0 fully saturated rings. The largest absolute Gasteiger partial charge is 0.338 e. The number of nitrogens with zero attached hydrogens (tertiary/aromatic N) is 1. The first-order valence-corrected chi connectivity index (χ1v) is 8.30. The highest BCUT2D eigenvalue weighted by Crippen LogP contribution is 2.36. The molecule has 0 amide bonds. The summed E-state index contributed by atoms with van der Waals surface area (Å²) in [6, 6.07) is 30.4. The van der Waals surface area contributed by atoms with Crippen LogP contribution in [-0.4, -0.2) is 6.04 Å². The Morgan fingerprint density at radius 1 is 0.739 bits per heavy atom. The standard InChI is InChI=1S/C22H23N/c1-3-18(2)23(20-14-8-5-9-15-20)22-17-11-10-16-21(22)19-12-6-4-7-13-19/h4-18H,3H2,1-2H3. The molecule has 3 aromatic carbocycles. The lowest BCUT2D eigenvalue weighted by Gasteiger charge is -2.32. The highest BCUT2D eigenvalue weighted by Gasteiger charge is 2.18. The van der Waals surface area contributed by atoms with Gasteiger partial charge < -0.3 is 4.90 Å². The topological polar surface area (TPSA) is 3.24 Å². The lowest BCUT2D eigenvalue weighted by molar-refractivity contribution is 0.688. The van der Waals surface area contributed by atoms with E-state index in [1.54, 1.807) is 0 Å². The van der Waals surface area contributed by atoms with Gasteiger partial charge in [-0.3, -0.25) is 0 Å². The van der Waals surface area contributed by atoms with Crippen LogP contribution in [0.5, 0.6) is 0 Å². The molecule has 0 radical (unpaired) electrons. The van der Waals surface area contributed by atoms with Gasteiger partial charge in [-0.2, -0.15) is 0 Å². The van der Waals surface area contributed by atoms with Crippen LogP contribution in [0.4, 0.5) is 11.4 Å². The molecule has 0 spiro atoms. The second kappa shape index (κ2) is 7.15. The van der Waals surface area contributed by atoms with E-state index >= 15 is 0 Å². The summed E-state index contributed by atoms with van der Waals surface area (Å²) in [7, 11) is 0. The smallest absolute Gasteiger partial charge is 0.0492 e. The zero-order chi connectivity index (χ0) is 16.1. The third-order valence-electron chi connectivity index (χ3n) is 4.31. The second-order valence-electron chi connectivity index (χ2n) is 5.85. The van der Waals surface area contributed by atoms with Crippen LogP contribution in [0.2, 0.25) is 0 Å². The van der Waals surface area contributed by atoms with Crippen molar-refractivity contribution >= 4 is 11.4 Å². The second-order valence-corrected chi connectivity index (χ2v) is 5.85. The van der Waals surface area contributed by atoms with Crippen LogP contribution in [0.15, 0.2) is 84.9 Å². The summed E-state index contributed by atoms with van der Waals surface area (Å²) in [4.78, 5) is 2.45. The molecule has 23 heavy (non-hydrogen) atoms. The van der Waals surface area contributed by atoms with E-state index in [2.05, 4.69) is 104 Å². The van der Waals surface area contributed by atoms with Crippen molar-refractivity contribution in [3.63, 3.8) is 0 Å². The van der Waals surface area contributed by atoms with E-state index in [4.69, 9.17) is 0 Å². The van der Waals surface area contributed by atoms with Crippen LogP contribution in [0, 0.1) is 0 Å². The number of hydrogen-bond acceptors (Lipinski definition) is 1. The Balaban J connectivity index is 2.14. The maximum Gasteiger partial charge on any atom is 0.0492 e. The highest BCUT2D eigenvalue weighted by atomic mass is 15.2. The van der Waals surface area contributed by atoms with Gasteiger partial charge >= 0.3 is 0 Å². The van der Waals surface area contributed by atoms with Crippen LogP contribution < -0.4 is 4.90 Å². The number of rotatable bonds is 5. The first-order valence-electron chi connectivity index (χ1n) is 8.30. The van der Waals surface area contributed by atoms with E-state index < -0.39 is 0 Å². The molecule has 0 saturated carbocycles. The molecule has 0 aliphatic rings. The Labute approximate surface area is 139 Å². The molecule has 1 nitrogen and oxygen atoms in total. The van der Waals surface area contributed by atoms with E-state index in [0.29, 0.717) is 6.04 Å². The molecule has 3 rings (SSSR count). The first kappa shape index (κ1) is 15.4. The molecule has 0 N–H and O–H groups in total. The fraction of sp³-hybridized carbons (Fsp3) is 0.182. The summed E-state index contributed by atoms with van der Waals surface area (Å²) >= 11 is 0. The van der Waals surface area contributed by atoms with Crippen molar-refractivity contribution in [2.45, 2.75) is 26.3 Å². The van der Waals surface area contributed by atoms with Crippen molar-refractivity contribution in [3.8, 4) is 11.1 Å². The summed E-state index contributed by atoms with van der Waals surface area (Å²) in [6.07, 6.45) is 1.10. The number of benzene rings is 3. The lowest BCUT2D eigenvalue weighted by atomic mass is 10.0. The van der Waals surface area contributed by atoms with Crippen LogP contribution in [0.1, 0.15) is 20.3 Å². The Morgan fingerprint density at radius 3 is 1.96 bits per heavy atom. The van der Waals surface area contributed by atoms with Gasteiger partial charge in [0.25, 0.3) is 0 Å². The minimum absolute atomic E-state index is 0.433. The van der Waals surface area contributed by atoms with Crippen LogP contribution in [-0.2, 0) is 0 Å². The Bertz CT molecular complexity index is 734. The summed E-state index contributed by atoms with van der Waals surface area (Å²) in [6.45, 7) is 4.53. The predicted octanol–water partition coefficient (Wildman–Crippen LogP) is 6.29. The summed E-state index contributed by atoms with van der Waals surface area (Å²) in [5, 5.41) is 0. The normalized spacial score (nSPS) is 11.9. The van der Waals surface area contributed by atoms with Gasteiger partial charge in [0.1, 0.15) is 0 Å². The Kier molecular flexibility index (Phi) is 4.77. The Hall–Kier alpha value is -2.54. The fourth-order valence-electron chi connectivity index (χ4n) is 2.95. The predicted molar refractivity (Wildman–Crippen MR) is 100 cm³/mol. The van der Waals surface area contributed by atoms with Gasteiger partial charge in [-0.05, 0) is 37.1 Å². The van der Waals surface area contributed by atoms with Gasteiger partial charge in [-0.15, -0.1) is 0 Å². The van der Waals surface area contributed by atoms with Gasteiger partial charge in [0, 0.05) is 23.0 Å². The van der Waals surface area contributed by atoms with Crippen molar-refractivity contribution in [1.29, 1.82) is 0 Å². The van der Waals surface area contributed by atoms with E-state index in [1.807, 2.05) is 0 Å². The maximum atomic E-state index is 2.45. The third kappa shape index (κ3) is 3.29. The first-order chi connectivity index (χ1) is 11.3. The fourth-order valence-corrected chi connectivity index (χ4v) is 2.95. The monoisotopic (exact) mass is 301 g/mol. The SMILES string of the molecule is CCC(C)N(c1ccccc1)c1ccccc1-c1ccccc1. The molecule has 1 unspecified atom stereocenters. The van der Waals surface area contributed by atoms with Crippen molar-refractivity contribution in [2.75, 3.05) is 4.90 Å². The van der Waals surface area contributed by atoms with Gasteiger partial charge in [-0.1, -0.05) is 73.7 Å². The molecule has 0 aliphatic carbocycles. The van der Waals surface area contributed by atoms with E-state index in [-0.39, 0.29) is 0 Å². The lowest BCUT2D eigenvalue weighted by Crippen LogP contribution is -2.28. The molecule has 0 aromatic heterocycles. The van der Waals surface area contributed by atoms with E-state index in [1.165, 1.54) is 22.5 Å². The van der Waals surface area contributed by atoms with Crippen LogP contribution >= 0.6 is 0 Å². The van der Waals surface area contributed by atoms with Gasteiger partial charge in [0.15, 0.2) is 0 Å². The zero-order valence-corrected chi connectivity index (χ0v) is 13.8. The summed E-state index contributed by atoms with van der Waals surface area (Å²) in [5.74, 6) is 0.